The molecule has 0 fully saturated rings. The highest BCUT2D eigenvalue weighted by atomic mass is 16.6. The van der Waals surface area contributed by atoms with Crippen LogP contribution in [-0.4, -0.2) is 29.8 Å². The van der Waals surface area contributed by atoms with Gasteiger partial charge in [-0.2, -0.15) is 0 Å². The SMILES string of the molecule is C=C1C=CN(C(C(=O)c2ccc(OC)cc2)c2ccc(OC)cc2)C=C1[N+](=O)[O-]. The Morgan fingerprint density at radius 1 is 1.03 bits per heavy atom. The molecule has 1 atom stereocenters. The number of nitro groups is 1. The predicted molar refractivity (Wildman–Crippen MR) is 108 cm³/mol. The second-order valence-corrected chi connectivity index (χ2v) is 6.33. The van der Waals surface area contributed by atoms with Crippen LogP contribution in [-0.2, 0) is 0 Å². The molecule has 0 bridgehead atoms. The Balaban J connectivity index is 2.05. The van der Waals surface area contributed by atoms with Crippen LogP contribution in [0.3, 0.4) is 0 Å². The van der Waals surface area contributed by atoms with Gasteiger partial charge in [0.15, 0.2) is 5.78 Å². The molecule has 0 radical (unpaired) electrons. The summed E-state index contributed by atoms with van der Waals surface area (Å²) in [5.41, 5.74) is 1.24. The van der Waals surface area contributed by atoms with Crippen molar-refractivity contribution in [2.45, 2.75) is 6.04 Å². The maximum Gasteiger partial charge on any atom is 0.292 e. The van der Waals surface area contributed by atoms with E-state index in [-0.39, 0.29) is 17.1 Å². The number of Topliss-reactive ketones (excluding diaryl/α,β-unsaturated/α-hetero) is 1. The van der Waals surface area contributed by atoms with Crippen molar-refractivity contribution in [3.63, 3.8) is 0 Å². The van der Waals surface area contributed by atoms with Crippen molar-refractivity contribution in [2.75, 3.05) is 14.2 Å². The Bertz CT molecular complexity index is 991. The first-order valence-electron chi connectivity index (χ1n) is 8.78. The molecule has 0 aliphatic carbocycles. The lowest BCUT2D eigenvalue weighted by atomic mass is 9.95. The molecule has 2 aromatic carbocycles. The van der Waals surface area contributed by atoms with Gasteiger partial charge in [0.25, 0.3) is 5.70 Å². The lowest BCUT2D eigenvalue weighted by Crippen LogP contribution is -2.29. The van der Waals surface area contributed by atoms with Crippen molar-refractivity contribution in [3.8, 4) is 11.5 Å². The molecule has 7 heteroatoms. The highest BCUT2D eigenvalue weighted by molar-refractivity contribution is 6.01. The molecule has 148 valence electrons. The number of ketones is 1. The van der Waals surface area contributed by atoms with Gasteiger partial charge in [-0.15, -0.1) is 0 Å². The first-order chi connectivity index (χ1) is 13.9. The van der Waals surface area contributed by atoms with E-state index in [1.54, 1.807) is 69.0 Å². The van der Waals surface area contributed by atoms with E-state index in [9.17, 15) is 14.9 Å². The third kappa shape index (κ3) is 4.19. The fraction of sp³-hybridized carbons (Fsp3) is 0.136. The monoisotopic (exact) mass is 392 g/mol. The quantitative estimate of drug-likeness (QED) is 0.400. The molecule has 29 heavy (non-hydrogen) atoms. The highest BCUT2D eigenvalue weighted by Gasteiger charge is 2.30. The molecular weight excluding hydrogens is 372 g/mol. The summed E-state index contributed by atoms with van der Waals surface area (Å²) in [6.45, 7) is 3.69. The van der Waals surface area contributed by atoms with Gasteiger partial charge in [-0.25, -0.2) is 0 Å². The molecule has 0 saturated carbocycles. The minimum atomic E-state index is -0.798. The standard InChI is InChI=1S/C22H20N2O5/c1-15-12-13-23(14-20(15)24(26)27)21(16-4-8-18(28-2)9-5-16)22(25)17-6-10-19(29-3)11-7-17/h4-14,21H,1H2,2-3H3. The van der Waals surface area contributed by atoms with Crippen LogP contribution in [0.5, 0.6) is 11.5 Å². The van der Waals surface area contributed by atoms with Gasteiger partial charge >= 0.3 is 0 Å². The topological polar surface area (TPSA) is 81.9 Å². The molecule has 0 spiro atoms. The minimum absolute atomic E-state index is 0.159. The van der Waals surface area contributed by atoms with E-state index in [2.05, 4.69) is 6.58 Å². The van der Waals surface area contributed by atoms with E-state index < -0.39 is 11.0 Å². The van der Waals surface area contributed by atoms with Gasteiger partial charge in [-0.1, -0.05) is 18.7 Å². The van der Waals surface area contributed by atoms with Crippen LogP contribution in [0.4, 0.5) is 0 Å². The summed E-state index contributed by atoms with van der Waals surface area (Å²) in [5, 5.41) is 11.4. The van der Waals surface area contributed by atoms with Gasteiger partial charge in [-0.05, 0) is 48.0 Å². The summed E-state index contributed by atoms with van der Waals surface area (Å²) < 4.78 is 10.3. The number of ether oxygens (including phenoxy) is 2. The Morgan fingerprint density at radius 3 is 2.10 bits per heavy atom. The number of hydrogen-bond donors (Lipinski definition) is 0. The second kappa shape index (κ2) is 8.43. The number of hydrogen-bond acceptors (Lipinski definition) is 6. The van der Waals surface area contributed by atoms with Crippen LogP contribution in [0.25, 0.3) is 0 Å². The number of nitrogens with zero attached hydrogens (tertiary/aromatic N) is 2. The smallest absolute Gasteiger partial charge is 0.292 e. The number of benzene rings is 2. The maximum atomic E-state index is 13.4. The van der Waals surface area contributed by atoms with Crippen molar-refractivity contribution in [3.05, 3.63) is 106 Å². The summed E-state index contributed by atoms with van der Waals surface area (Å²) in [4.78, 5) is 25.8. The van der Waals surface area contributed by atoms with Crippen LogP contribution < -0.4 is 9.47 Å². The zero-order valence-corrected chi connectivity index (χ0v) is 16.1. The molecule has 1 aliphatic rings. The van der Waals surface area contributed by atoms with Gasteiger partial charge in [-0.3, -0.25) is 14.9 Å². The van der Waals surface area contributed by atoms with Crippen LogP contribution in [0, 0.1) is 10.1 Å². The highest BCUT2D eigenvalue weighted by Crippen LogP contribution is 2.31. The van der Waals surface area contributed by atoms with Crippen LogP contribution >= 0.6 is 0 Å². The van der Waals surface area contributed by atoms with Gasteiger partial charge in [0, 0.05) is 17.3 Å². The number of carbonyl (C=O) groups is 1. The van der Waals surface area contributed by atoms with Crippen LogP contribution in [0.15, 0.2) is 84.9 Å². The summed E-state index contributed by atoms with van der Waals surface area (Å²) in [5.74, 6) is 1.06. The molecular formula is C22H20N2O5. The van der Waals surface area contributed by atoms with E-state index in [0.717, 1.165) is 0 Å². The Kier molecular flexibility index (Phi) is 5.78. The Labute approximate surface area is 168 Å². The maximum absolute atomic E-state index is 13.4. The average Bonchev–Trinajstić information content (AvgIpc) is 2.75. The second-order valence-electron chi connectivity index (χ2n) is 6.33. The zero-order chi connectivity index (χ0) is 21.0. The van der Waals surface area contributed by atoms with E-state index in [1.165, 1.54) is 17.2 Å². The molecule has 3 rings (SSSR count). The molecule has 7 nitrogen and oxygen atoms in total. The zero-order valence-electron chi connectivity index (χ0n) is 16.1. The average molecular weight is 392 g/mol. The van der Waals surface area contributed by atoms with E-state index in [1.807, 2.05) is 0 Å². The Hall–Kier alpha value is -3.87. The molecule has 0 N–H and O–H groups in total. The molecule has 1 aliphatic heterocycles. The Morgan fingerprint density at radius 2 is 1.59 bits per heavy atom. The van der Waals surface area contributed by atoms with Crippen LogP contribution in [0.1, 0.15) is 22.0 Å². The third-order valence-electron chi connectivity index (χ3n) is 4.60. The molecule has 0 aromatic heterocycles. The normalized spacial score (nSPS) is 14.2. The first-order valence-corrected chi connectivity index (χ1v) is 8.78. The van der Waals surface area contributed by atoms with Crippen molar-refractivity contribution in [1.29, 1.82) is 0 Å². The van der Waals surface area contributed by atoms with E-state index >= 15 is 0 Å². The predicted octanol–water partition coefficient (Wildman–Crippen LogP) is 4.13. The van der Waals surface area contributed by atoms with Crippen molar-refractivity contribution >= 4 is 5.78 Å². The molecule has 2 aromatic rings. The minimum Gasteiger partial charge on any atom is -0.497 e. The van der Waals surface area contributed by atoms with E-state index in [0.29, 0.717) is 22.6 Å². The fourth-order valence-corrected chi connectivity index (χ4v) is 3.01. The van der Waals surface area contributed by atoms with Gasteiger partial charge in [0.05, 0.1) is 25.3 Å². The van der Waals surface area contributed by atoms with Crippen molar-refractivity contribution in [1.82, 2.24) is 4.90 Å². The fourth-order valence-electron chi connectivity index (χ4n) is 3.01. The van der Waals surface area contributed by atoms with E-state index in [4.69, 9.17) is 9.47 Å². The van der Waals surface area contributed by atoms with Gasteiger partial charge in [0.2, 0.25) is 0 Å². The van der Waals surface area contributed by atoms with Crippen molar-refractivity contribution in [2.24, 2.45) is 0 Å². The number of carbonyl (C=O) groups excluding carboxylic acids is 1. The summed E-state index contributed by atoms with van der Waals surface area (Å²) >= 11 is 0. The summed E-state index contributed by atoms with van der Waals surface area (Å²) in [6.07, 6.45) is 4.47. The molecule has 0 saturated heterocycles. The molecule has 1 heterocycles. The summed E-state index contributed by atoms with van der Waals surface area (Å²) in [6, 6.07) is 13.0. The number of rotatable bonds is 7. The first kappa shape index (κ1) is 19.9. The third-order valence-corrected chi connectivity index (χ3v) is 4.60. The molecule has 0 amide bonds. The molecule has 1 unspecified atom stereocenters. The van der Waals surface area contributed by atoms with Gasteiger partial charge < -0.3 is 14.4 Å². The lowest BCUT2D eigenvalue weighted by molar-refractivity contribution is -0.421. The van der Waals surface area contributed by atoms with Crippen molar-refractivity contribution < 1.29 is 19.2 Å². The number of methoxy groups -OCH3 is 2. The van der Waals surface area contributed by atoms with Gasteiger partial charge in [0.1, 0.15) is 17.5 Å². The number of allylic oxidation sites excluding steroid dienone is 1. The lowest BCUT2D eigenvalue weighted by Gasteiger charge is -2.28. The van der Waals surface area contributed by atoms with Crippen LogP contribution in [0.2, 0.25) is 0 Å². The largest absolute Gasteiger partial charge is 0.497 e. The summed E-state index contributed by atoms with van der Waals surface area (Å²) in [7, 11) is 3.10.